The highest BCUT2D eigenvalue weighted by molar-refractivity contribution is 7.00. The van der Waals surface area contributed by atoms with E-state index in [-0.39, 0.29) is 10.1 Å². The van der Waals surface area contributed by atoms with Crippen LogP contribution in [0, 0.1) is 12.3 Å². The van der Waals surface area contributed by atoms with Crippen molar-refractivity contribution in [1.29, 1.82) is 0 Å². The maximum absolute atomic E-state index is 12.4. The average molecular weight is 647 g/mol. The van der Waals surface area contributed by atoms with Crippen LogP contribution >= 0.6 is 0 Å². The smallest absolute Gasteiger partial charge is 0.262 e. The number of aliphatic hydroxyl groups is 2. The monoisotopic (exact) mass is 646 g/mol. The molecule has 0 aromatic heterocycles. The molecular formula is C40H46O4Si2. The average Bonchev–Trinajstić information content (AvgIpc) is 3.37. The zero-order valence-corrected chi connectivity index (χ0v) is 29.7. The van der Waals surface area contributed by atoms with Crippen LogP contribution in [0.2, 0.25) is 10.1 Å². The fraction of sp³-hybridized carbons (Fsp3) is 0.300. The second kappa shape index (κ2) is 12.9. The number of rotatable bonds is 9. The summed E-state index contributed by atoms with van der Waals surface area (Å²) in [6.07, 6.45) is 6.03. The Bertz CT molecular complexity index is 1580. The van der Waals surface area contributed by atoms with E-state index < -0.39 is 40.5 Å². The molecule has 0 saturated heterocycles. The van der Waals surface area contributed by atoms with Crippen LogP contribution in [-0.2, 0) is 8.85 Å². The van der Waals surface area contributed by atoms with Gasteiger partial charge in [-0.05, 0) is 36.9 Å². The molecule has 0 bridgehead atoms. The number of hydrogen-bond acceptors (Lipinski definition) is 4. The van der Waals surface area contributed by atoms with E-state index in [1.165, 1.54) is 0 Å². The molecule has 0 amide bonds. The second-order valence-corrected chi connectivity index (χ2v) is 22.8. The first-order chi connectivity index (χ1) is 21.8. The van der Waals surface area contributed by atoms with Crippen LogP contribution in [0.1, 0.15) is 41.5 Å². The van der Waals surface area contributed by atoms with Crippen LogP contribution in [-0.4, -0.2) is 50.8 Å². The standard InChI is InChI=1S/C40H46O4Si2/c1-8-36(41)40(42)30-29-35(43-45(38(2,3)4,31-21-13-9-14-22-31)32-23-15-10-16-24-32)37(40)44-46(39(5,6)7,33-25-17-11-18-26-33)34-27-19-12-20-28-34/h1,9-30,35-37,41-42H,2-7H3/t35-,36?,37+,40+/m0/s1. The molecule has 0 spiro atoms. The van der Waals surface area contributed by atoms with Crippen molar-refractivity contribution in [1.82, 2.24) is 0 Å². The van der Waals surface area contributed by atoms with Crippen molar-refractivity contribution in [2.75, 3.05) is 0 Å². The molecule has 0 heterocycles. The zero-order chi connectivity index (χ0) is 33.2. The highest BCUT2D eigenvalue weighted by Crippen LogP contribution is 2.44. The first-order valence-corrected chi connectivity index (χ1v) is 19.8. The zero-order valence-electron chi connectivity index (χ0n) is 27.7. The molecule has 4 nitrogen and oxygen atoms in total. The molecule has 46 heavy (non-hydrogen) atoms. The molecule has 0 radical (unpaired) electrons. The number of benzene rings is 4. The fourth-order valence-electron chi connectivity index (χ4n) is 7.13. The maximum atomic E-state index is 12.4. The third-order valence-electron chi connectivity index (χ3n) is 9.35. The molecule has 1 aliphatic carbocycles. The van der Waals surface area contributed by atoms with E-state index in [9.17, 15) is 10.2 Å². The lowest BCUT2D eigenvalue weighted by atomic mass is 9.93. The lowest BCUT2D eigenvalue weighted by molar-refractivity contribution is -0.103. The molecule has 2 N–H and O–H groups in total. The quantitative estimate of drug-likeness (QED) is 0.150. The van der Waals surface area contributed by atoms with Crippen molar-refractivity contribution in [3.8, 4) is 12.3 Å². The van der Waals surface area contributed by atoms with Gasteiger partial charge in [0.25, 0.3) is 16.6 Å². The Morgan fingerprint density at radius 2 is 0.957 bits per heavy atom. The molecule has 1 unspecified atom stereocenters. The van der Waals surface area contributed by atoms with Crippen LogP contribution in [0.5, 0.6) is 0 Å². The highest BCUT2D eigenvalue weighted by Gasteiger charge is 2.61. The molecule has 4 aromatic rings. The van der Waals surface area contributed by atoms with Gasteiger partial charge < -0.3 is 19.1 Å². The van der Waals surface area contributed by atoms with Crippen molar-refractivity contribution in [2.24, 2.45) is 0 Å². The summed E-state index contributed by atoms with van der Waals surface area (Å²) in [4.78, 5) is 0. The Balaban J connectivity index is 1.76. The molecule has 0 saturated carbocycles. The van der Waals surface area contributed by atoms with E-state index in [4.69, 9.17) is 15.3 Å². The van der Waals surface area contributed by atoms with E-state index in [1.54, 1.807) is 6.08 Å². The summed E-state index contributed by atoms with van der Waals surface area (Å²) in [5.41, 5.74) is -1.89. The number of aliphatic hydroxyl groups excluding tert-OH is 1. The van der Waals surface area contributed by atoms with Crippen LogP contribution in [0.4, 0.5) is 0 Å². The lowest BCUT2D eigenvalue weighted by Crippen LogP contribution is -2.73. The molecular weight excluding hydrogens is 601 g/mol. The van der Waals surface area contributed by atoms with E-state index in [2.05, 4.69) is 96.0 Å². The molecule has 238 valence electrons. The molecule has 6 heteroatoms. The molecule has 4 aromatic carbocycles. The molecule has 1 aliphatic rings. The van der Waals surface area contributed by atoms with Crippen LogP contribution in [0.3, 0.4) is 0 Å². The summed E-state index contributed by atoms with van der Waals surface area (Å²) >= 11 is 0. The van der Waals surface area contributed by atoms with Gasteiger partial charge in [0.2, 0.25) is 0 Å². The molecule has 5 rings (SSSR count). The SMILES string of the molecule is C#CC(O)[C@]1(O)C=C[C@H](O[Si](c2ccccc2)(c2ccccc2)C(C)(C)C)[C@H]1O[Si](c1ccccc1)(c1ccccc1)C(C)(C)C. The predicted molar refractivity (Wildman–Crippen MR) is 194 cm³/mol. The van der Waals surface area contributed by atoms with Crippen LogP contribution < -0.4 is 20.7 Å². The Hall–Kier alpha value is -3.55. The third-order valence-corrected chi connectivity index (χ3v) is 19.4. The second-order valence-electron chi connectivity index (χ2n) is 14.3. The Labute approximate surface area is 277 Å². The van der Waals surface area contributed by atoms with Crippen molar-refractivity contribution in [3.63, 3.8) is 0 Å². The summed E-state index contributed by atoms with van der Waals surface area (Å²) < 4.78 is 15.2. The first kappa shape index (κ1) is 33.8. The van der Waals surface area contributed by atoms with Gasteiger partial charge in [0.05, 0.1) is 6.10 Å². The lowest BCUT2D eigenvalue weighted by Gasteiger charge is -2.50. The molecule has 0 aliphatic heterocycles. The Kier molecular flexibility index (Phi) is 9.50. The minimum atomic E-state index is -3.23. The summed E-state index contributed by atoms with van der Waals surface area (Å²) in [5, 5.41) is 27.3. The minimum absolute atomic E-state index is 0.322. The van der Waals surface area contributed by atoms with Crippen molar-refractivity contribution in [3.05, 3.63) is 133 Å². The highest BCUT2D eigenvalue weighted by atomic mass is 28.4. The summed E-state index contributed by atoms with van der Waals surface area (Å²) in [6, 6.07) is 41.4. The third kappa shape index (κ3) is 5.77. The van der Waals surface area contributed by atoms with Crippen LogP contribution in [0.15, 0.2) is 133 Å². The fourth-order valence-corrected chi connectivity index (χ4v) is 16.5. The molecule has 4 atom stereocenters. The van der Waals surface area contributed by atoms with Gasteiger partial charge in [-0.25, -0.2) is 0 Å². The Morgan fingerprint density at radius 1 is 0.630 bits per heavy atom. The van der Waals surface area contributed by atoms with Gasteiger partial charge in [-0.2, -0.15) is 0 Å². The maximum Gasteiger partial charge on any atom is 0.262 e. The van der Waals surface area contributed by atoms with Crippen LogP contribution in [0.25, 0.3) is 0 Å². The van der Waals surface area contributed by atoms with E-state index in [0.29, 0.717) is 0 Å². The van der Waals surface area contributed by atoms with Crippen molar-refractivity contribution in [2.45, 2.75) is 75.5 Å². The predicted octanol–water partition coefficient (Wildman–Crippen LogP) is 5.17. The van der Waals surface area contributed by atoms with Gasteiger partial charge in [-0.3, -0.25) is 0 Å². The summed E-state index contributed by atoms with van der Waals surface area (Å²) in [6.45, 7) is 13.2. The van der Waals surface area contributed by atoms with Crippen molar-refractivity contribution >= 4 is 37.4 Å². The van der Waals surface area contributed by atoms with E-state index in [0.717, 1.165) is 20.7 Å². The normalized spacial score (nSPS) is 21.1. The first-order valence-electron chi connectivity index (χ1n) is 15.9. The number of hydrogen-bond donors (Lipinski definition) is 2. The number of terminal acetylenes is 1. The van der Waals surface area contributed by atoms with E-state index in [1.807, 2.05) is 78.9 Å². The van der Waals surface area contributed by atoms with Gasteiger partial charge in [0, 0.05) is 0 Å². The van der Waals surface area contributed by atoms with Gasteiger partial charge >= 0.3 is 0 Å². The van der Waals surface area contributed by atoms with Gasteiger partial charge in [0.1, 0.15) is 17.8 Å². The van der Waals surface area contributed by atoms with E-state index >= 15 is 0 Å². The minimum Gasteiger partial charge on any atom is -0.398 e. The Morgan fingerprint density at radius 3 is 1.26 bits per heavy atom. The van der Waals surface area contributed by atoms with Gasteiger partial charge in [-0.15, -0.1) is 6.42 Å². The topological polar surface area (TPSA) is 58.9 Å². The van der Waals surface area contributed by atoms with Gasteiger partial charge in [0.15, 0.2) is 0 Å². The molecule has 0 fully saturated rings. The largest absolute Gasteiger partial charge is 0.398 e. The summed E-state index contributed by atoms with van der Waals surface area (Å²) in [7, 11) is -6.33. The summed E-state index contributed by atoms with van der Waals surface area (Å²) in [5.74, 6) is 2.40. The van der Waals surface area contributed by atoms with Crippen molar-refractivity contribution < 1.29 is 19.1 Å². The van der Waals surface area contributed by atoms with Gasteiger partial charge in [-0.1, -0.05) is 175 Å².